The van der Waals surface area contributed by atoms with Crippen molar-refractivity contribution in [2.24, 2.45) is 0 Å². The number of rotatable bonds is 7. The molecule has 1 saturated heterocycles. The average Bonchev–Trinajstić information content (AvgIpc) is 2.54. The summed E-state index contributed by atoms with van der Waals surface area (Å²) in [6, 6.07) is 3.41. The maximum Gasteiger partial charge on any atom is 0.204 e. The number of hydrogen-bond acceptors (Lipinski definition) is 6. The molecule has 0 bridgehead atoms. The largest absolute Gasteiger partial charge is 0.493 e. The Labute approximate surface area is 130 Å². The van der Waals surface area contributed by atoms with Crippen molar-refractivity contribution in [2.75, 3.05) is 53.7 Å². The van der Waals surface area contributed by atoms with Gasteiger partial charge < -0.3 is 18.9 Å². The van der Waals surface area contributed by atoms with Crippen molar-refractivity contribution in [2.45, 2.75) is 6.92 Å². The van der Waals surface area contributed by atoms with E-state index in [1.165, 1.54) is 14.0 Å². The lowest BCUT2D eigenvalue weighted by Gasteiger charge is -2.26. The van der Waals surface area contributed by atoms with Crippen LogP contribution in [0.2, 0.25) is 0 Å². The molecule has 0 saturated carbocycles. The molecule has 0 spiro atoms. The number of methoxy groups -OCH3 is 2. The normalized spacial score (nSPS) is 15.4. The van der Waals surface area contributed by atoms with Crippen molar-refractivity contribution in [1.82, 2.24) is 4.90 Å². The number of nitrogens with zero attached hydrogens (tertiary/aromatic N) is 1. The van der Waals surface area contributed by atoms with Crippen molar-refractivity contribution in [3.05, 3.63) is 17.7 Å². The van der Waals surface area contributed by atoms with Crippen molar-refractivity contribution in [3.8, 4) is 17.2 Å². The molecule has 22 heavy (non-hydrogen) atoms. The predicted molar refractivity (Wildman–Crippen MR) is 82.3 cm³/mol. The number of ketones is 1. The van der Waals surface area contributed by atoms with E-state index in [1.54, 1.807) is 19.2 Å². The molecule has 0 aromatic heterocycles. The zero-order chi connectivity index (χ0) is 15.9. The lowest BCUT2D eigenvalue weighted by molar-refractivity contribution is 0.0320. The third-order valence-corrected chi connectivity index (χ3v) is 3.64. The van der Waals surface area contributed by atoms with Gasteiger partial charge in [0.15, 0.2) is 17.3 Å². The fourth-order valence-corrected chi connectivity index (χ4v) is 2.42. The molecule has 0 aliphatic carbocycles. The molecule has 0 radical (unpaired) electrons. The summed E-state index contributed by atoms with van der Waals surface area (Å²) in [5.74, 6) is 1.39. The summed E-state index contributed by atoms with van der Waals surface area (Å²) in [6.45, 7) is 6.07. The number of morpholine rings is 1. The Morgan fingerprint density at radius 3 is 2.50 bits per heavy atom. The first-order valence-electron chi connectivity index (χ1n) is 7.36. The Balaban J connectivity index is 2.10. The van der Waals surface area contributed by atoms with E-state index in [2.05, 4.69) is 4.90 Å². The van der Waals surface area contributed by atoms with E-state index in [0.717, 1.165) is 32.8 Å². The van der Waals surface area contributed by atoms with Crippen molar-refractivity contribution in [1.29, 1.82) is 0 Å². The molecule has 1 aromatic rings. The van der Waals surface area contributed by atoms with Crippen LogP contribution in [0.15, 0.2) is 12.1 Å². The van der Waals surface area contributed by atoms with E-state index < -0.39 is 0 Å². The molecular formula is C16H23NO5. The maximum absolute atomic E-state index is 11.8. The molecule has 6 nitrogen and oxygen atoms in total. The minimum Gasteiger partial charge on any atom is -0.493 e. The van der Waals surface area contributed by atoms with Crippen LogP contribution < -0.4 is 14.2 Å². The molecule has 1 heterocycles. The monoisotopic (exact) mass is 309 g/mol. The van der Waals surface area contributed by atoms with Crippen LogP contribution in [0, 0.1) is 0 Å². The molecule has 2 rings (SSSR count). The minimum atomic E-state index is -0.0673. The molecule has 0 unspecified atom stereocenters. The zero-order valence-corrected chi connectivity index (χ0v) is 13.4. The molecule has 0 amide bonds. The first-order valence-corrected chi connectivity index (χ1v) is 7.36. The fraction of sp³-hybridized carbons (Fsp3) is 0.562. The molecule has 122 valence electrons. The standard InChI is InChI=1S/C16H23NO5/c1-12(18)13-4-5-14(19-2)16(20-3)15(13)22-11-8-17-6-9-21-10-7-17/h4-5H,6-11H2,1-3H3. The highest BCUT2D eigenvalue weighted by molar-refractivity contribution is 5.98. The summed E-state index contributed by atoms with van der Waals surface area (Å²) in [5, 5.41) is 0. The summed E-state index contributed by atoms with van der Waals surface area (Å²) in [7, 11) is 3.10. The van der Waals surface area contributed by atoms with Gasteiger partial charge in [0.25, 0.3) is 0 Å². The summed E-state index contributed by atoms with van der Waals surface area (Å²) < 4.78 is 21.8. The van der Waals surface area contributed by atoms with Gasteiger partial charge in [-0.25, -0.2) is 0 Å². The van der Waals surface area contributed by atoms with Crippen LogP contribution >= 0.6 is 0 Å². The number of hydrogen-bond donors (Lipinski definition) is 0. The summed E-state index contributed by atoms with van der Waals surface area (Å²) in [5.41, 5.74) is 0.500. The molecule has 6 heteroatoms. The van der Waals surface area contributed by atoms with Gasteiger partial charge >= 0.3 is 0 Å². The van der Waals surface area contributed by atoms with Gasteiger partial charge in [-0.1, -0.05) is 0 Å². The second-order valence-corrected chi connectivity index (χ2v) is 5.04. The lowest BCUT2D eigenvalue weighted by atomic mass is 10.1. The number of carbonyl (C=O) groups is 1. The van der Waals surface area contributed by atoms with Crippen LogP contribution in [0.3, 0.4) is 0 Å². The SMILES string of the molecule is COc1ccc(C(C)=O)c(OCCN2CCOCC2)c1OC. The highest BCUT2D eigenvalue weighted by atomic mass is 16.5. The molecule has 0 N–H and O–H groups in total. The smallest absolute Gasteiger partial charge is 0.204 e. The van der Waals surface area contributed by atoms with Crippen molar-refractivity contribution < 1.29 is 23.7 Å². The highest BCUT2D eigenvalue weighted by Gasteiger charge is 2.19. The first-order chi connectivity index (χ1) is 10.7. The summed E-state index contributed by atoms with van der Waals surface area (Å²) in [4.78, 5) is 14.1. The third-order valence-electron chi connectivity index (χ3n) is 3.64. The van der Waals surface area contributed by atoms with Crippen LogP contribution in [0.5, 0.6) is 17.2 Å². The second kappa shape index (κ2) is 8.00. The number of carbonyl (C=O) groups excluding carboxylic acids is 1. The Bertz CT molecular complexity index is 512. The van der Waals surface area contributed by atoms with E-state index in [4.69, 9.17) is 18.9 Å². The zero-order valence-electron chi connectivity index (χ0n) is 13.4. The van der Waals surface area contributed by atoms with E-state index in [9.17, 15) is 4.79 Å². The van der Waals surface area contributed by atoms with Crippen LogP contribution in [0.4, 0.5) is 0 Å². The van der Waals surface area contributed by atoms with Crippen LogP contribution in [0.1, 0.15) is 17.3 Å². The average molecular weight is 309 g/mol. The van der Waals surface area contributed by atoms with E-state index in [0.29, 0.717) is 29.4 Å². The lowest BCUT2D eigenvalue weighted by Crippen LogP contribution is -2.38. The third kappa shape index (κ3) is 3.90. The van der Waals surface area contributed by atoms with Crippen molar-refractivity contribution in [3.63, 3.8) is 0 Å². The van der Waals surface area contributed by atoms with Crippen LogP contribution in [-0.4, -0.2) is 64.4 Å². The van der Waals surface area contributed by atoms with Gasteiger partial charge in [-0.3, -0.25) is 9.69 Å². The van der Waals surface area contributed by atoms with Crippen LogP contribution in [0.25, 0.3) is 0 Å². The number of benzene rings is 1. The summed E-state index contributed by atoms with van der Waals surface area (Å²) >= 11 is 0. The number of ether oxygens (including phenoxy) is 4. The van der Waals surface area contributed by atoms with Crippen LogP contribution in [-0.2, 0) is 4.74 Å². The van der Waals surface area contributed by atoms with Crippen molar-refractivity contribution >= 4 is 5.78 Å². The van der Waals surface area contributed by atoms with Gasteiger partial charge in [-0.2, -0.15) is 0 Å². The van der Waals surface area contributed by atoms with E-state index in [1.807, 2.05) is 0 Å². The molecule has 1 fully saturated rings. The van der Waals surface area contributed by atoms with E-state index >= 15 is 0 Å². The molecule has 1 aromatic carbocycles. The van der Waals surface area contributed by atoms with Gasteiger partial charge in [0, 0.05) is 19.6 Å². The number of Topliss-reactive ketones (excluding diaryl/α,β-unsaturated/α-hetero) is 1. The highest BCUT2D eigenvalue weighted by Crippen LogP contribution is 2.40. The Hall–Kier alpha value is -1.79. The van der Waals surface area contributed by atoms with E-state index in [-0.39, 0.29) is 5.78 Å². The van der Waals surface area contributed by atoms with Gasteiger partial charge in [-0.15, -0.1) is 0 Å². The van der Waals surface area contributed by atoms with Gasteiger partial charge in [-0.05, 0) is 19.1 Å². The Morgan fingerprint density at radius 1 is 1.18 bits per heavy atom. The molecular weight excluding hydrogens is 286 g/mol. The topological polar surface area (TPSA) is 57.2 Å². The maximum atomic E-state index is 11.8. The Morgan fingerprint density at radius 2 is 1.91 bits per heavy atom. The molecule has 0 atom stereocenters. The van der Waals surface area contributed by atoms with Gasteiger partial charge in [0.1, 0.15) is 6.61 Å². The first kappa shape index (κ1) is 16.6. The molecule has 1 aliphatic rings. The predicted octanol–water partition coefficient (Wildman–Crippen LogP) is 1.62. The Kier molecular flexibility index (Phi) is 6.03. The van der Waals surface area contributed by atoms with Gasteiger partial charge in [0.05, 0.1) is 33.0 Å². The second-order valence-electron chi connectivity index (χ2n) is 5.04. The molecule has 1 aliphatic heterocycles. The quantitative estimate of drug-likeness (QED) is 0.713. The fourth-order valence-electron chi connectivity index (χ4n) is 2.42. The van der Waals surface area contributed by atoms with Gasteiger partial charge in [0.2, 0.25) is 5.75 Å². The summed E-state index contributed by atoms with van der Waals surface area (Å²) in [6.07, 6.45) is 0. The minimum absolute atomic E-state index is 0.0673.